The summed E-state index contributed by atoms with van der Waals surface area (Å²) in [5, 5.41) is 0. The fourth-order valence-corrected chi connectivity index (χ4v) is 3.29. The van der Waals surface area contributed by atoms with Crippen LogP contribution in [0.15, 0.2) is 65.3 Å². The Labute approximate surface area is 147 Å². The van der Waals surface area contributed by atoms with Crippen molar-refractivity contribution in [1.29, 1.82) is 0 Å². The Balaban J connectivity index is 1.67. The zero-order valence-corrected chi connectivity index (χ0v) is 14.0. The van der Waals surface area contributed by atoms with Crippen molar-refractivity contribution in [1.82, 2.24) is 0 Å². The number of aliphatic imine (C=N–C) groups is 1. The molecule has 4 heteroatoms. The van der Waals surface area contributed by atoms with E-state index in [9.17, 15) is 4.79 Å². The SMILES string of the molecule is O=C1OC(c2ccccc2)=N/C1=C\c1ccccc1N1CCCCC1. The maximum atomic E-state index is 12.2. The molecule has 2 heterocycles. The predicted octanol–water partition coefficient (Wildman–Crippen LogP) is 4.02. The minimum atomic E-state index is -0.396. The number of cyclic esters (lactones) is 1. The van der Waals surface area contributed by atoms with Crippen LogP contribution in [-0.2, 0) is 9.53 Å². The average molecular weight is 332 g/mol. The number of carbonyl (C=O) groups is 1. The third-order valence-electron chi connectivity index (χ3n) is 4.57. The van der Waals surface area contributed by atoms with E-state index in [1.54, 1.807) is 0 Å². The molecule has 2 aromatic carbocycles. The number of hydrogen-bond donors (Lipinski definition) is 0. The van der Waals surface area contributed by atoms with Crippen LogP contribution in [0.4, 0.5) is 5.69 Å². The van der Waals surface area contributed by atoms with Gasteiger partial charge in [0.2, 0.25) is 5.90 Å². The van der Waals surface area contributed by atoms with E-state index in [0.717, 1.165) is 29.9 Å². The molecule has 4 rings (SSSR count). The van der Waals surface area contributed by atoms with Gasteiger partial charge in [0.05, 0.1) is 0 Å². The predicted molar refractivity (Wildman–Crippen MR) is 99.6 cm³/mol. The number of rotatable bonds is 3. The van der Waals surface area contributed by atoms with Crippen molar-refractivity contribution in [2.45, 2.75) is 19.3 Å². The summed E-state index contributed by atoms with van der Waals surface area (Å²) in [4.78, 5) is 19.0. The van der Waals surface area contributed by atoms with Crippen LogP contribution in [0.3, 0.4) is 0 Å². The quantitative estimate of drug-likeness (QED) is 0.630. The highest BCUT2D eigenvalue weighted by atomic mass is 16.6. The van der Waals surface area contributed by atoms with E-state index in [1.165, 1.54) is 19.3 Å². The minimum absolute atomic E-state index is 0.350. The van der Waals surface area contributed by atoms with Gasteiger partial charge in [0.15, 0.2) is 5.70 Å². The third-order valence-corrected chi connectivity index (χ3v) is 4.57. The Morgan fingerprint density at radius 1 is 0.920 bits per heavy atom. The Morgan fingerprint density at radius 3 is 2.44 bits per heavy atom. The summed E-state index contributed by atoms with van der Waals surface area (Å²) in [5.41, 5.74) is 3.33. The van der Waals surface area contributed by atoms with Crippen LogP contribution in [0.5, 0.6) is 0 Å². The highest BCUT2D eigenvalue weighted by molar-refractivity contribution is 6.13. The summed E-state index contributed by atoms with van der Waals surface area (Å²) >= 11 is 0. The van der Waals surface area contributed by atoms with Crippen LogP contribution < -0.4 is 4.90 Å². The molecule has 0 radical (unpaired) electrons. The van der Waals surface area contributed by atoms with Gasteiger partial charge in [-0.25, -0.2) is 9.79 Å². The van der Waals surface area contributed by atoms with Gasteiger partial charge < -0.3 is 9.64 Å². The molecule has 2 aliphatic rings. The number of anilines is 1. The summed E-state index contributed by atoms with van der Waals surface area (Å²) in [6.07, 6.45) is 5.55. The van der Waals surface area contributed by atoms with Crippen LogP contribution in [0.1, 0.15) is 30.4 Å². The van der Waals surface area contributed by atoms with Gasteiger partial charge in [0, 0.05) is 29.9 Å². The molecule has 0 N–H and O–H groups in total. The van der Waals surface area contributed by atoms with Crippen molar-refractivity contribution in [3.8, 4) is 0 Å². The van der Waals surface area contributed by atoms with E-state index < -0.39 is 5.97 Å². The molecule has 126 valence electrons. The number of benzene rings is 2. The van der Waals surface area contributed by atoms with E-state index in [-0.39, 0.29) is 0 Å². The zero-order chi connectivity index (χ0) is 17.1. The molecular formula is C21H20N2O2. The number of carbonyl (C=O) groups excluding carboxylic acids is 1. The summed E-state index contributed by atoms with van der Waals surface area (Å²) in [6.45, 7) is 2.12. The molecule has 1 fully saturated rings. The maximum Gasteiger partial charge on any atom is 0.363 e. The second kappa shape index (κ2) is 6.93. The van der Waals surface area contributed by atoms with Gasteiger partial charge in [-0.3, -0.25) is 0 Å². The first-order chi connectivity index (χ1) is 12.3. The van der Waals surface area contributed by atoms with Gasteiger partial charge in [0.1, 0.15) is 0 Å². The highest BCUT2D eigenvalue weighted by Crippen LogP contribution is 2.27. The average Bonchev–Trinajstić information content (AvgIpc) is 3.04. The van der Waals surface area contributed by atoms with Crippen molar-refractivity contribution in [2.75, 3.05) is 18.0 Å². The van der Waals surface area contributed by atoms with Crippen LogP contribution >= 0.6 is 0 Å². The van der Waals surface area contributed by atoms with E-state index in [0.29, 0.717) is 11.6 Å². The van der Waals surface area contributed by atoms with E-state index in [2.05, 4.69) is 16.0 Å². The fourth-order valence-electron chi connectivity index (χ4n) is 3.29. The van der Waals surface area contributed by atoms with Gasteiger partial charge in [-0.2, -0.15) is 0 Å². The van der Waals surface area contributed by atoms with Crippen LogP contribution in [0.2, 0.25) is 0 Å². The standard InChI is InChI=1S/C21H20N2O2/c24-21-18(22-20(25-21)16-9-3-1-4-10-16)15-17-11-5-6-12-19(17)23-13-7-2-8-14-23/h1,3-6,9-12,15H,2,7-8,13-14H2/b18-15-. The number of esters is 1. The number of nitrogens with zero attached hydrogens (tertiary/aromatic N) is 2. The van der Waals surface area contributed by atoms with Crippen molar-refractivity contribution in [2.24, 2.45) is 4.99 Å². The van der Waals surface area contributed by atoms with Gasteiger partial charge in [-0.05, 0) is 43.5 Å². The molecule has 0 amide bonds. The van der Waals surface area contributed by atoms with Crippen molar-refractivity contribution in [3.05, 3.63) is 71.4 Å². The van der Waals surface area contributed by atoms with Gasteiger partial charge in [0.25, 0.3) is 0 Å². The highest BCUT2D eigenvalue weighted by Gasteiger charge is 2.24. The lowest BCUT2D eigenvalue weighted by atomic mass is 10.1. The lowest BCUT2D eigenvalue weighted by Gasteiger charge is -2.30. The third kappa shape index (κ3) is 3.33. The first-order valence-electron chi connectivity index (χ1n) is 8.73. The molecule has 0 unspecified atom stereocenters. The fraction of sp³-hybridized carbons (Fsp3) is 0.238. The second-order valence-corrected chi connectivity index (χ2v) is 6.31. The molecule has 2 aromatic rings. The number of piperidine rings is 1. The molecule has 0 saturated carbocycles. The van der Waals surface area contributed by atoms with Crippen LogP contribution in [-0.4, -0.2) is 25.0 Å². The molecule has 0 aliphatic carbocycles. The Bertz CT molecular complexity index is 834. The normalized spacial score (nSPS) is 19.0. The van der Waals surface area contributed by atoms with E-state index >= 15 is 0 Å². The molecule has 0 spiro atoms. The first kappa shape index (κ1) is 15.6. The zero-order valence-electron chi connectivity index (χ0n) is 14.0. The molecule has 2 aliphatic heterocycles. The number of hydrogen-bond acceptors (Lipinski definition) is 4. The van der Waals surface area contributed by atoms with Gasteiger partial charge in [-0.15, -0.1) is 0 Å². The Kier molecular flexibility index (Phi) is 4.34. The van der Waals surface area contributed by atoms with E-state index in [4.69, 9.17) is 4.74 Å². The number of ether oxygens (including phenoxy) is 1. The van der Waals surface area contributed by atoms with Crippen molar-refractivity contribution < 1.29 is 9.53 Å². The Morgan fingerprint density at radius 2 is 1.64 bits per heavy atom. The maximum absolute atomic E-state index is 12.2. The second-order valence-electron chi connectivity index (χ2n) is 6.31. The molecule has 4 nitrogen and oxygen atoms in total. The molecule has 0 bridgehead atoms. The lowest BCUT2D eigenvalue weighted by Crippen LogP contribution is -2.29. The lowest BCUT2D eigenvalue weighted by molar-refractivity contribution is -0.129. The topological polar surface area (TPSA) is 41.9 Å². The summed E-state index contributed by atoms with van der Waals surface area (Å²) in [5.74, 6) is -0.0281. The minimum Gasteiger partial charge on any atom is -0.402 e. The summed E-state index contributed by atoms with van der Waals surface area (Å²) < 4.78 is 5.35. The van der Waals surface area contributed by atoms with Crippen LogP contribution in [0.25, 0.3) is 6.08 Å². The van der Waals surface area contributed by atoms with E-state index in [1.807, 2.05) is 54.6 Å². The summed E-state index contributed by atoms with van der Waals surface area (Å²) in [6, 6.07) is 17.7. The largest absolute Gasteiger partial charge is 0.402 e. The van der Waals surface area contributed by atoms with Crippen molar-refractivity contribution in [3.63, 3.8) is 0 Å². The smallest absolute Gasteiger partial charge is 0.363 e. The molecular weight excluding hydrogens is 312 g/mol. The molecule has 0 atom stereocenters. The molecule has 25 heavy (non-hydrogen) atoms. The monoisotopic (exact) mass is 332 g/mol. The molecule has 1 saturated heterocycles. The summed E-state index contributed by atoms with van der Waals surface area (Å²) in [7, 11) is 0. The van der Waals surface area contributed by atoms with Crippen molar-refractivity contribution >= 4 is 23.6 Å². The van der Waals surface area contributed by atoms with Gasteiger partial charge >= 0.3 is 5.97 Å². The number of para-hydroxylation sites is 1. The van der Waals surface area contributed by atoms with Crippen LogP contribution in [0, 0.1) is 0 Å². The molecule has 0 aromatic heterocycles. The Hall–Kier alpha value is -2.88. The first-order valence-corrected chi connectivity index (χ1v) is 8.73. The van der Waals surface area contributed by atoms with Gasteiger partial charge in [-0.1, -0.05) is 36.4 Å².